The van der Waals surface area contributed by atoms with Crippen molar-refractivity contribution in [2.45, 2.75) is 5.41 Å². The van der Waals surface area contributed by atoms with Gasteiger partial charge < -0.3 is 0 Å². The summed E-state index contributed by atoms with van der Waals surface area (Å²) in [4.78, 5) is 4.63. The number of halogens is 1. The fraction of sp³-hybridized carbons (Fsp3) is 0.0238. The molecule has 0 aliphatic heterocycles. The second-order valence-electron chi connectivity index (χ2n) is 11.3. The zero-order valence-electron chi connectivity index (χ0n) is 24.0. The maximum atomic E-state index is 6.93. The Labute approximate surface area is 263 Å². The van der Waals surface area contributed by atoms with Crippen LogP contribution in [0.25, 0.3) is 44.5 Å². The van der Waals surface area contributed by atoms with Crippen molar-refractivity contribution in [2.24, 2.45) is 0 Å². The lowest BCUT2D eigenvalue weighted by Gasteiger charge is -2.34. The topological polar surface area (TPSA) is 12.9 Å². The van der Waals surface area contributed by atoms with Crippen LogP contribution in [0.5, 0.6) is 0 Å². The Morgan fingerprint density at radius 3 is 1.75 bits per heavy atom. The van der Waals surface area contributed by atoms with Gasteiger partial charge in [0.05, 0.1) is 5.41 Å². The van der Waals surface area contributed by atoms with E-state index in [4.69, 9.17) is 11.6 Å². The van der Waals surface area contributed by atoms with Crippen molar-refractivity contribution < 1.29 is 0 Å². The zero-order valence-corrected chi connectivity index (χ0v) is 24.7. The van der Waals surface area contributed by atoms with E-state index in [-0.39, 0.29) is 0 Å². The van der Waals surface area contributed by atoms with Gasteiger partial charge in [-0.1, -0.05) is 145 Å². The van der Waals surface area contributed by atoms with Gasteiger partial charge in [-0.15, -0.1) is 0 Å². The van der Waals surface area contributed by atoms with Crippen LogP contribution in [0, 0.1) is 0 Å². The third kappa shape index (κ3) is 4.20. The van der Waals surface area contributed by atoms with E-state index >= 15 is 0 Å². The molecule has 44 heavy (non-hydrogen) atoms. The predicted molar refractivity (Wildman–Crippen MR) is 183 cm³/mol. The first-order chi connectivity index (χ1) is 21.7. The summed E-state index contributed by atoms with van der Waals surface area (Å²) in [5.41, 5.74) is 13.6. The smallest absolute Gasteiger partial charge is 0.0728 e. The maximum absolute atomic E-state index is 6.93. The highest BCUT2D eigenvalue weighted by Crippen LogP contribution is 2.57. The molecular formula is C42H28ClN. The molecule has 1 aliphatic rings. The number of hydrogen-bond donors (Lipinski definition) is 0. The van der Waals surface area contributed by atoms with Crippen LogP contribution in [-0.4, -0.2) is 4.98 Å². The predicted octanol–water partition coefficient (Wildman–Crippen LogP) is 11.1. The van der Waals surface area contributed by atoms with Crippen LogP contribution in [0.3, 0.4) is 0 Å². The van der Waals surface area contributed by atoms with Crippen LogP contribution >= 0.6 is 11.6 Å². The highest BCUT2D eigenvalue weighted by molar-refractivity contribution is 6.33. The van der Waals surface area contributed by atoms with Crippen LogP contribution in [0.2, 0.25) is 5.02 Å². The van der Waals surface area contributed by atoms with Crippen LogP contribution in [0.4, 0.5) is 0 Å². The highest BCUT2D eigenvalue weighted by atomic mass is 35.5. The van der Waals surface area contributed by atoms with E-state index in [2.05, 4.69) is 145 Å². The van der Waals surface area contributed by atoms with Crippen molar-refractivity contribution in [1.29, 1.82) is 0 Å². The summed E-state index contributed by atoms with van der Waals surface area (Å²) < 4.78 is 0. The molecule has 0 N–H and O–H groups in total. The van der Waals surface area contributed by atoms with Crippen LogP contribution in [0.15, 0.2) is 170 Å². The number of rotatable bonds is 5. The summed E-state index contributed by atoms with van der Waals surface area (Å²) in [5.74, 6) is 0. The number of benzene rings is 6. The molecule has 0 amide bonds. The van der Waals surface area contributed by atoms with Gasteiger partial charge in [0, 0.05) is 23.0 Å². The molecule has 7 aromatic rings. The van der Waals surface area contributed by atoms with Crippen molar-refractivity contribution >= 4 is 11.6 Å². The van der Waals surface area contributed by atoms with E-state index in [1.165, 1.54) is 44.5 Å². The monoisotopic (exact) mass is 581 g/mol. The van der Waals surface area contributed by atoms with Crippen LogP contribution in [-0.2, 0) is 5.41 Å². The molecule has 1 nitrogen and oxygen atoms in total. The number of nitrogens with zero attached hydrogens (tertiary/aromatic N) is 1. The molecular weight excluding hydrogens is 554 g/mol. The number of hydrogen-bond acceptors (Lipinski definition) is 1. The summed E-state index contributed by atoms with van der Waals surface area (Å²) in [6.07, 6.45) is 3.87. The lowest BCUT2D eigenvalue weighted by Crippen LogP contribution is -2.28. The Kier molecular flexibility index (Phi) is 6.47. The van der Waals surface area contributed by atoms with Crippen molar-refractivity contribution in [3.8, 4) is 44.5 Å². The minimum atomic E-state index is -0.547. The van der Waals surface area contributed by atoms with Gasteiger partial charge in [-0.3, -0.25) is 4.98 Å². The summed E-state index contributed by atoms with van der Waals surface area (Å²) >= 11 is 6.93. The maximum Gasteiger partial charge on any atom is 0.0728 e. The number of aromatic nitrogens is 1. The fourth-order valence-corrected chi connectivity index (χ4v) is 7.15. The Morgan fingerprint density at radius 1 is 0.409 bits per heavy atom. The molecule has 0 spiro atoms. The van der Waals surface area contributed by atoms with E-state index in [0.717, 1.165) is 27.3 Å². The van der Waals surface area contributed by atoms with Gasteiger partial charge in [-0.25, -0.2) is 0 Å². The van der Waals surface area contributed by atoms with Gasteiger partial charge in [0.1, 0.15) is 0 Å². The van der Waals surface area contributed by atoms with Gasteiger partial charge in [-0.05, 0) is 85.5 Å². The Balaban J connectivity index is 1.37. The first kappa shape index (κ1) is 26.4. The Hall–Kier alpha value is -5.24. The first-order valence-electron chi connectivity index (χ1n) is 14.9. The molecule has 1 atom stereocenters. The van der Waals surface area contributed by atoms with E-state index in [0.29, 0.717) is 0 Å². The van der Waals surface area contributed by atoms with Crippen molar-refractivity contribution in [3.05, 3.63) is 197 Å². The van der Waals surface area contributed by atoms with Crippen molar-refractivity contribution in [1.82, 2.24) is 4.98 Å². The Bertz CT molecular complexity index is 2100. The number of pyridine rings is 1. The largest absolute Gasteiger partial charge is 0.264 e. The van der Waals surface area contributed by atoms with Gasteiger partial charge >= 0.3 is 0 Å². The fourth-order valence-electron chi connectivity index (χ4n) is 6.92. The third-order valence-corrected chi connectivity index (χ3v) is 9.28. The van der Waals surface area contributed by atoms with Gasteiger partial charge in [0.15, 0.2) is 0 Å². The van der Waals surface area contributed by atoms with Crippen LogP contribution < -0.4 is 0 Å². The Morgan fingerprint density at radius 2 is 1.02 bits per heavy atom. The minimum absolute atomic E-state index is 0.547. The average molecular weight is 582 g/mol. The molecule has 6 aromatic carbocycles. The molecule has 1 heterocycles. The molecule has 0 radical (unpaired) electrons. The summed E-state index contributed by atoms with van der Waals surface area (Å²) in [5, 5.41) is 0.735. The summed E-state index contributed by atoms with van der Waals surface area (Å²) in [7, 11) is 0. The van der Waals surface area contributed by atoms with Crippen molar-refractivity contribution in [3.63, 3.8) is 0 Å². The quantitative estimate of drug-likeness (QED) is 0.197. The van der Waals surface area contributed by atoms with Crippen LogP contribution in [0.1, 0.15) is 22.3 Å². The minimum Gasteiger partial charge on any atom is -0.264 e. The third-order valence-electron chi connectivity index (χ3n) is 8.95. The van der Waals surface area contributed by atoms with Gasteiger partial charge in [0.25, 0.3) is 0 Å². The van der Waals surface area contributed by atoms with Crippen molar-refractivity contribution in [2.75, 3.05) is 0 Å². The second kappa shape index (κ2) is 10.8. The van der Waals surface area contributed by atoms with Gasteiger partial charge in [0.2, 0.25) is 0 Å². The van der Waals surface area contributed by atoms with E-state index < -0.39 is 5.41 Å². The standard InChI is InChI=1S/C42H28ClN/c43-41-24-20-32(30-12-5-2-6-13-30)26-38(41)33-19-23-37-36-15-7-8-16-39(36)42(40(37)27-33,35-14-9-25-44-28-35)34-21-17-31(18-22-34)29-10-3-1-4-11-29/h1-28H. The molecule has 0 saturated carbocycles. The van der Waals surface area contributed by atoms with Gasteiger partial charge in [-0.2, -0.15) is 0 Å². The molecule has 0 saturated heterocycles. The summed E-state index contributed by atoms with van der Waals surface area (Å²) in [6.45, 7) is 0. The molecule has 2 heteroatoms. The molecule has 1 unspecified atom stereocenters. The zero-order chi connectivity index (χ0) is 29.5. The molecule has 8 rings (SSSR count). The first-order valence-corrected chi connectivity index (χ1v) is 15.3. The molecule has 208 valence electrons. The normalized spacial score (nSPS) is 15.0. The molecule has 1 aliphatic carbocycles. The lowest BCUT2D eigenvalue weighted by atomic mass is 9.67. The second-order valence-corrected chi connectivity index (χ2v) is 11.7. The summed E-state index contributed by atoms with van der Waals surface area (Å²) in [6, 6.07) is 56.3. The highest BCUT2D eigenvalue weighted by Gasteiger charge is 2.46. The SMILES string of the molecule is Clc1ccc(-c2ccccc2)cc1-c1ccc2c(c1)C(c1ccc(-c3ccccc3)cc1)(c1cccnc1)c1ccccc1-2. The number of fused-ring (bicyclic) bond motifs is 3. The lowest BCUT2D eigenvalue weighted by molar-refractivity contribution is 0.763. The van der Waals surface area contributed by atoms with E-state index in [9.17, 15) is 0 Å². The average Bonchev–Trinajstić information content (AvgIpc) is 3.40. The molecule has 0 fully saturated rings. The molecule has 0 bridgehead atoms. The van der Waals surface area contributed by atoms with E-state index in [1.54, 1.807) is 0 Å². The van der Waals surface area contributed by atoms with E-state index in [1.807, 2.05) is 30.6 Å². The molecule has 1 aromatic heterocycles.